The normalized spacial score (nSPS) is 11.1. The van der Waals surface area contributed by atoms with Crippen molar-refractivity contribution in [3.8, 4) is 17.1 Å². The summed E-state index contributed by atoms with van der Waals surface area (Å²) in [6.07, 6.45) is 3.45. The van der Waals surface area contributed by atoms with Gasteiger partial charge in [0.25, 0.3) is 0 Å². The molecule has 164 valence electrons. The molecule has 0 atom stereocenters. The Morgan fingerprint density at radius 3 is 2.48 bits per heavy atom. The number of benzene rings is 2. The highest BCUT2D eigenvalue weighted by Gasteiger charge is 2.16. The molecule has 1 aromatic heterocycles. The highest BCUT2D eigenvalue weighted by Crippen LogP contribution is 2.28. The van der Waals surface area contributed by atoms with Gasteiger partial charge in [0, 0.05) is 30.0 Å². The van der Waals surface area contributed by atoms with Crippen LogP contribution in [0.4, 0.5) is 0 Å². The number of aromatic nitrogens is 3. The van der Waals surface area contributed by atoms with Crippen molar-refractivity contribution in [1.82, 2.24) is 20.1 Å². The molecule has 3 aromatic rings. The van der Waals surface area contributed by atoms with Gasteiger partial charge in [-0.05, 0) is 44.2 Å². The highest BCUT2D eigenvalue weighted by atomic mass is 32.2. The van der Waals surface area contributed by atoms with Crippen LogP contribution in [-0.4, -0.2) is 33.0 Å². The van der Waals surface area contributed by atoms with Gasteiger partial charge >= 0.3 is 0 Å². The number of nitrogens with zero attached hydrogens (tertiary/aromatic N) is 3. The topological polar surface area (TPSA) is 59.8 Å². The van der Waals surface area contributed by atoms with Gasteiger partial charge in [-0.1, -0.05) is 73.6 Å². The summed E-state index contributed by atoms with van der Waals surface area (Å²) in [5.74, 6) is 2.51. The molecule has 0 radical (unpaired) electrons. The molecule has 0 saturated heterocycles. The Morgan fingerprint density at radius 2 is 1.77 bits per heavy atom. The van der Waals surface area contributed by atoms with Gasteiger partial charge in [0.2, 0.25) is 5.91 Å². The zero-order valence-corrected chi connectivity index (χ0v) is 19.5. The van der Waals surface area contributed by atoms with Crippen LogP contribution in [0.1, 0.15) is 45.1 Å². The lowest BCUT2D eigenvalue weighted by molar-refractivity contribution is -0.121. The SMILES string of the molecule is Cc1ccc(-c2nnc(SCCCCC(=O)NCCC(C)C)n2-c2ccccc2)cc1. The zero-order valence-electron chi connectivity index (χ0n) is 18.7. The van der Waals surface area contributed by atoms with Gasteiger partial charge in [0.15, 0.2) is 11.0 Å². The van der Waals surface area contributed by atoms with E-state index in [1.165, 1.54) is 5.56 Å². The van der Waals surface area contributed by atoms with Gasteiger partial charge in [-0.15, -0.1) is 10.2 Å². The van der Waals surface area contributed by atoms with Crippen LogP contribution >= 0.6 is 11.8 Å². The third-order valence-electron chi connectivity index (χ3n) is 5.03. The Morgan fingerprint density at radius 1 is 1.03 bits per heavy atom. The van der Waals surface area contributed by atoms with Crippen LogP contribution in [0.15, 0.2) is 59.8 Å². The van der Waals surface area contributed by atoms with Crippen molar-refractivity contribution in [3.63, 3.8) is 0 Å². The van der Waals surface area contributed by atoms with Crippen LogP contribution in [0.5, 0.6) is 0 Å². The van der Waals surface area contributed by atoms with E-state index in [-0.39, 0.29) is 5.91 Å². The molecule has 1 amide bonds. The number of rotatable bonds is 11. The number of aryl methyl sites for hydroxylation is 1. The molecular weight excluding hydrogens is 404 g/mol. The van der Waals surface area contributed by atoms with E-state index in [1.807, 2.05) is 18.2 Å². The monoisotopic (exact) mass is 436 g/mol. The molecule has 5 nitrogen and oxygen atoms in total. The Bertz CT molecular complexity index is 951. The summed E-state index contributed by atoms with van der Waals surface area (Å²) in [6, 6.07) is 18.6. The number of unbranched alkanes of at least 4 members (excludes halogenated alkanes) is 1. The second kappa shape index (κ2) is 11.7. The average Bonchev–Trinajstić information content (AvgIpc) is 3.18. The molecule has 0 saturated carbocycles. The summed E-state index contributed by atoms with van der Waals surface area (Å²) >= 11 is 1.69. The number of para-hydroxylation sites is 1. The van der Waals surface area contributed by atoms with Crippen LogP contribution in [0.25, 0.3) is 17.1 Å². The molecule has 0 spiro atoms. The fourth-order valence-corrected chi connectivity index (χ4v) is 4.15. The standard InChI is InChI=1S/C25H32N4OS/c1-19(2)16-17-26-23(30)11-7-8-18-31-25-28-27-24(21-14-12-20(3)13-15-21)29(25)22-9-5-4-6-10-22/h4-6,9-10,12-15,19H,7-8,11,16-18H2,1-3H3,(H,26,30). The van der Waals surface area contributed by atoms with E-state index in [1.54, 1.807) is 11.8 Å². The quantitative estimate of drug-likeness (QED) is 0.311. The lowest BCUT2D eigenvalue weighted by Crippen LogP contribution is -2.24. The number of carbonyl (C=O) groups is 1. The molecule has 0 aliphatic rings. The zero-order chi connectivity index (χ0) is 22.1. The number of hydrogen-bond donors (Lipinski definition) is 1. The van der Waals surface area contributed by atoms with E-state index in [0.29, 0.717) is 12.3 Å². The minimum absolute atomic E-state index is 0.153. The summed E-state index contributed by atoms with van der Waals surface area (Å²) < 4.78 is 2.12. The lowest BCUT2D eigenvalue weighted by Gasteiger charge is -2.10. The second-order valence-electron chi connectivity index (χ2n) is 8.18. The Hall–Kier alpha value is -2.60. The third-order valence-corrected chi connectivity index (χ3v) is 6.05. The third kappa shape index (κ3) is 6.96. The van der Waals surface area contributed by atoms with Crippen LogP contribution in [0.2, 0.25) is 0 Å². The summed E-state index contributed by atoms with van der Waals surface area (Å²) in [5.41, 5.74) is 3.32. The predicted molar refractivity (Wildman–Crippen MR) is 129 cm³/mol. The predicted octanol–water partition coefficient (Wildman–Crippen LogP) is 5.67. The Balaban J connectivity index is 1.60. The first-order valence-corrected chi connectivity index (χ1v) is 12.0. The van der Waals surface area contributed by atoms with Crippen molar-refractivity contribution in [1.29, 1.82) is 0 Å². The Kier molecular flexibility index (Phi) is 8.71. The molecule has 0 fully saturated rings. The minimum atomic E-state index is 0.153. The maximum atomic E-state index is 11.9. The van der Waals surface area contributed by atoms with E-state index >= 15 is 0 Å². The van der Waals surface area contributed by atoms with Crippen LogP contribution < -0.4 is 5.32 Å². The van der Waals surface area contributed by atoms with E-state index in [9.17, 15) is 4.79 Å². The summed E-state index contributed by atoms with van der Waals surface area (Å²) in [7, 11) is 0. The fourth-order valence-electron chi connectivity index (χ4n) is 3.20. The van der Waals surface area contributed by atoms with Gasteiger partial charge in [-0.2, -0.15) is 0 Å². The first-order valence-electron chi connectivity index (χ1n) is 11.0. The second-order valence-corrected chi connectivity index (χ2v) is 9.24. The average molecular weight is 437 g/mol. The number of hydrogen-bond acceptors (Lipinski definition) is 4. The van der Waals surface area contributed by atoms with Crippen molar-refractivity contribution in [2.75, 3.05) is 12.3 Å². The molecule has 6 heteroatoms. The van der Waals surface area contributed by atoms with E-state index < -0.39 is 0 Å². The maximum absolute atomic E-state index is 11.9. The van der Waals surface area contributed by atoms with Crippen molar-refractivity contribution >= 4 is 17.7 Å². The summed E-state index contributed by atoms with van der Waals surface area (Å²) in [6.45, 7) is 7.19. The Labute approximate surface area is 189 Å². The van der Waals surface area contributed by atoms with E-state index in [0.717, 1.165) is 53.8 Å². The molecule has 0 bridgehead atoms. The summed E-state index contributed by atoms with van der Waals surface area (Å²) in [5, 5.41) is 12.9. The number of nitrogens with one attached hydrogen (secondary N) is 1. The van der Waals surface area contributed by atoms with Gasteiger partial charge in [0.05, 0.1) is 0 Å². The van der Waals surface area contributed by atoms with E-state index in [4.69, 9.17) is 0 Å². The number of thioether (sulfide) groups is 1. The fraction of sp³-hybridized carbons (Fsp3) is 0.400. The van der Waals surface area contributed by atoms with Crippen molar-refractivity contribution < 1.29 is 4.79 Å². The largest absolute Gasteiger partial charge is 0.356 e. The van der Waals surface area contributed by atoms with Crippen molar-refractivity contribution in [2.24, 2.45) is 5.92 Å². The van der Waals surface area contributed by atoms with Crippen molar-refractivity contribution in [3.05, 3.63) is 60.2 Å². The molecule has 1 heterocycles. The van der Waals surface area contributed by atoms with Crippen molar-refractivity contribution in [2.45, 2.75) is 51.6 Å². The van der Waals surface area contributed by atoms with E-state index in [2.05, 4.69) is 77.3 Å². The molecule has 0 unspecified atom stereocenters. The molecule has 1 N–H and O–H groups in total. The van der Waals surface area contributed by atoms with Gasteiger partial charge in [-0.3, -0.25) is 9.36 Å². The summed E-state index contributed by atoms with van der Waals surface area (Å²) in [4.78, 5) is 11.9. The molecular formula is C25H32N4OS. The molecule has 3 rings (SSSR count). The molecule has 31 heavy (non-hydrogen) atoms. The van der Waals surface area contributed by atoms with Crippen LogP contribution in [0, 0.1) is 12.8 Å². The first-order chi connectivity index (χ1) is 15.0. The van der Waals surface area contributed by atoms with Gasteiger partial charge < -0.3 is 5.32 Å². The molecule has 0 aliphatic carbocycles. The molecule has 2 aromatic carbocycles. The first kappa shape index (κ1) is 23.1. The highest BCUT2D eigenvalue weighted by molar-refractivity contribution is 7.99. The molecule has 0 aliphatic heterocycles. The minimum Gasteiger partial charge on any atom is -0.356 e. The van der Waals surface area contributed by atoms with Crippen LogP contribution in [0.3, 0.4) is 0 Å². The van der Waals surface area contributed by atoms with Gasteiger partial charge in [0.1, 0.15) is 0 Å². The van der Waals surface area contributed by atoms with Gasteiger partial charge in [-0.25, -0.2) is 0 Å². The van der Waals surface area contributed by atoms with Crippen LogP contribution in [-0.2, 0) is 4.79 Å². The smallest absolute Gasteiger partial charge is 0.219 e. The number of amides is 1. The number of carbonyl (C=O) groups excluding carboxylic acids is 1. The maximum Gasteiger partial charge on any atom is 0.219 e. The lowest BCUT2D eigenvalue weighted by atomic mass is 10.1.